The molecule has 2 aliphatic rings. The molecule has 2 heterocycles. The van der Waals surface area contributed by atoms with E-state index in [1.165, 1.54) is 0 Å². The minimum absolute atomic E-state index is 0. The van der Waals surface area contributed by atoms with Crippen molar-refractivity contribution in [3.8, 4) is 0 Å². The van der Waals surface area contributed by atoms with Crippen molar-refractivity contribution in [2.75, 3.05) is 78.8 Å². The summed E-state index contributed by atoms with van der Waals surface area (Å²) in [6.07, 6.45) is 0. The van der Waals surface area contributed by atoms with Crippen molar-refractivity contribution in [1.82, 2.24) is 9.80 Å². The maximum Gasteiger partial charge on any atom is 2.00 e. The topological polar surface area (TPSA) is 182 Å². The zero-order chi connectivity index (χ0) is 18.5. The summed E-state index contributed by atoms with van der Waals surface area (Å²) in [4.78, 5) is 20.6. The van der Waals surface area contributed by atoms with E-state index in [0.717, 1.165) is 89.5 Å². The molecule has 0 aromatic carbocycles. The van der Waals surface area contributed by atoms with Gasteiger partial charge in [-0.2, -0.15) is 0 Å². The third-order valence-corrected chi connectivity index (χ3v) is 3.10. The van der Waals surface area contributed by atoms with E-state index in [1.54, 1.807) is 0 Å². The van der Waals surface area contributed by atoms with E-state index in [2.05, 4.69) is 9.80 Å². The Morgan fingerprint density at radius 3 is 1.20 bits per heavy atom. The van der Waals surface area contributed by atoms with Gasteiger partial charge in [0.2, 0.25) is 0 Å². The summed E-state index contributed by atoms with van der Waals surface area (Å²) in [5.41, 5.74) is 10.8. The van der Waals surface area contributed by atoms with Crippen LogP contribution < -0.4 is 11.5 Å². The summed E-state index contributed by atoms with van der Waals surface area (Å²) in [5.74, 6) is 0. The molecule has 0 bridgehead atoms. The second-order valence-corrected chi connectivity index (χ2v) is 4.63. The Labute approximate surface area is 157 Å². The van der Waals surface area contributed by atoms with Crippen LogP contribution in [0.4, 0.5) is 0 Å². The van der Waals surface area contributed by atoms with Crippen LogP contribution in [0, 0.1) is 20.2 Å². The van der Waals surface area contributed by atoms with Crippen molar-refractivity contribution in [2.24, 2.45) is 22.1 Å². The smallest absolute Gasteiger partial charge is 0.444 e. The Bertz CT molecular complexity index is 239. The van der Waals surface area contributed by atoms with Crippen LogP contribution in [0.15, 0.2) is 10.7 Å². The summed E-state index contributed by atoms with van der Waals surface area (Å²) >= 11 is 0. The Hall–Kier alpha value is -0.946. The average molecular weight is 411 g/mol. The zero-order valence-electron chi connectivity index (χ0n) is 14.2. The first kappa shape index (κ1) is 28.8. The number of nitrogens with zero attached hydrogens (tertiary/aromatic N) is 4. The molecule has 12 nitrogen and oxygen atoms in total. The van der Waals surface area contributed by atoms with Crippen LogP contribution >= 0.6 is 0 Å². The first-order valence-corrected chi connectivity index (χ1v) is 7.60. The molecule has 2 saturated heterocycles. The molecule has 13 heteroatoms. The van der Waals surface area contributed by atoms with Crippen molar-refractivity contribution >= 4 is 0 Å². The van der Waals surface area contributed by atoms with Crippen LogP contribution in [0.2, 0.25) is 0 Å². The van der Waals surface area contributed by atoms with Gasteiger partial charge >= 0.3 is 16.5 Å². The van der Waals surface area contributed by atoms with Gasteiger partial charge in [0, 0.05) is 52.4 Å². The fourth-order valence-electron chi connectivity index (χ4n) is 2.01. The van der Waals surface area contributed by atoms with Gasteiger partial charge in [0.1, 0.15) is 0 Å². The molecule has 0 unspecified atom stereocenters. The Morgan fingerprint density at radius 1 is 0.760 bits per heavy atom. The predicted octanol–water partition coefficient (Wildman–Crippen LogP) is -0.947. The molecule has 2 aliphatic heterocycles. The number of hydrogen-bond donors (Lipinski definition) is 2. The number of hydrogen-bond acceptors (Lipinski definition) is 12. The molecule has 0 aromatic rings. The molecule has 2 fully saturated rings. The van der Waals surface area contributed by atoms with Crippen LogP contribution in [-0.2, 0) is 26.0 Å². The number of nitrogens with two attached hydrogens (primary N) is 2. The molecule has 0 aromatic heterocycles. The number of morpholine rings is 2. The van der Waals surface area contributed by atoms with Crippen molar-refractivity contribution in [1.29, 1.82) is 0 Å². The molecule has 0 saturated carbocycles. The van der Waals surface area contributed by atoms with Crippen molar-refractivity contribution in [2.45, 2.75) is 0 Å². The van der Waals surface area contributed by atoms with E-state index in [4.69, 9.17) is 41.2 Å². The Morgan fingerprint density at radius 2 is 1.00 bits per heavy atom. The average Bonchev–Trinajstić information content (AvgIpc) is 2.59. The van der Waals surface area contributed by atoms with Crippen molar-refractivity contribution in [3.63, 3.8) is 0 Å². The van der Waals surface area contributed by atoms with E-state index in [-0.39, 0.29) is 16.5 Å². The summed E-state index contributed by atoms with van der Waals surface area (Å²) < 4.78 is 10.3. The van der Waals surface area contributed by atoms with Gasteiger partial charge in [0.05, 0.1) is 26.4 Å². The molecule has 0 aliphatic carbocycles. The largest absolute Gasteiger partial charge is 2.00 e. The van der Waals surface area contributed by atoms with Crippen LogP contribution in [0.3, 0.4) is 0 Å². The number of ether oxygens (including phenoxy) is 2. The van der Waals surface area contributed by atoms with Gasteiger partial charge < -0.3 is 41.2 Å². The number of rotatable bonds is 4. The molecule has 2 rings (SSSR count). The van der Waals surface area contributed by atoms with Crippen LogP contribution in [0.1, 0.15) is 0 Å². The summed E-state index contributed by atoms with van der Waals surface area (Å²) in [6, 6.07) is 0. The minimum Gasteiger partial charge on any atom is -0.444 e. The van der Waals surface area contributed by atoms with E-state index in [9.17, 15) is 0 Å². The predicted molar refractivity (Wildman–Crippen MR) is 91.0 cm³/mol. The fraction of sp³-hybridized carbons (Fsp3) is 1.00. The molecule has 0 amide bonds. The second kappa shape index (κ2) is 25.3. The van der Waals surface area contributed by atoms with E-state index >= 15 is 0 Å². The maximum atomic E-state index is 8.00. The van der Waals surface area contributed by atoms with Gasteiger partial charge in [-0.05, 0) is 0 Å². The summed E-state index contributed by atoms with van der Waals surface area (Å²) in [5, 5.41) is 18.0. The third kappa shape index (κ3) is 23.1. The van der Waals surface area contributed by atoms with Crippen LogP contribution in [0.5, 0.6) is 0 Å². The summed E-state index contributed by atoms with van der Waals surface area (Å²) in [7, 11) is 0. The molecular weight excluding hydrogens is 383 g/mol. The van der Waals surface area contributed by atoms with Gasteiger partial charge in [-0.3, -0.25) is 9.80 Å². The van der Waals surface area contributed by atoms with Gasteiger partial charge in [-0.1, -0.05) is 0 Å². The third-order valence-electron chi connectivity index (χ3n) is 3.10. The van der Waals surface area contributed by atoms with E-state index < -0.39 is 0 Å². The van der Waals surface area contributed by atoms with Crippen molar-refractivity contribution in [3.05, 3.63) is 20.2 Å². The minimum atomic E-state index is 0. The Balaban J connectivity index is -0.000000287. The van der Waals surface area contributed by atoms with Crippen LogP contribution in [-0.4, -0.2) is 88.6 Å². The maximum absolute atomic E-state index is 8.00. The first-order chi connectivity index (χ1) is 11.7. The van der Waals surface area contributed by atoms with Crippen LogP contribution in [0.25, 0.3) is 0 Å². The van der Waals surface area contributed by atoms with Gasteiger partial charge in [-0.25, -0.2) is 0 Å². The van der Waals surface area contributed by atoms with E-state index in [1.807, 2.05) is 0 Å². The van der Waals surface area contributed by atoms with E-state index in [0.29, 0.717) is 0 Å². The molecule has 0 radical (unpaired) electrons. The Kier molecular flexibility index (Phi) is 29.2. The molecular formula is C12H28N6NiO6. The molecule has 0 atom stereocenters. The quantitative estimate of drug-likeness (QED) is 0.332. The second-order valence-electron chi connectivity index (χ2n) is 4.63. The van der Waals surface area contributed by atoms with Gasteiger partial charge in [0.25, 0.3) is 0 Å². The van der Waals surface area contributed by atoms with Gasteiger partial charge in [-0.15, -0.1) is 10.7 Å². The monoisotopic (exact) mass is 410 g/mol. The molecule has 25 heavy (non-hydrogen) atoms. The molecule has 152 valence electrons. The summed E-state index contributed by atoms with van der Waals surface area (Å²) in [6.45, 7) is 11.3. The van der Waals surface area contributed by atoms with Crippen molar-refractivity contribution < 1.29 is 26.0 Å². The molecule has 0 spiro atoms. The SMILES string of the molecule is NCCN1CCOCC1.NCCN1CCOCC1.O=N[O-].O=N[O-].[Ni+2]. The molecule has 4 N–H and O–H groups in total. The fourth-order valence-corrected chi connectivity index (χ4v) is 2.01. The standard InChI is InChI=1S/2C6H14N2O.2HNO2.Ni/c2*7-1-2-8-3-5-9-6-4-8;2*2-1-3;/h2*1-7H2;2*(H,2,3);/q;;;;+2/p-2. The normalized spacial score (nSPS) is 17.0. The first-order valence-electron chi connectivity index (χ1n) is 7.60. The zero-order valence-corrected chi connectivity index (χ0v) is 15.2. The van der Waals surface area contributed by atoms with Gasteiger partial charge in [0.15, 0.2) is 0 Å².